The smallest absolute Gasteiger partial charge is 0.113 e. The Morgan fingerprint density at radius 2 is 2.00 bits per heavy atom. The predicted octanol–water partition coefficient (Wildman–Crippen LogP) is 3.08. The first kappa shape index (κ1) is 12.5. The molecule has 2 rings (SSSR count). The standard InChI is InChI=1S/C13H14N2.ClH/c1-3-12-10-15(2)13(14-12)9-11-7-5-4-6-8-11;/h3-8,10H,1,9H2,2H3;1H. The molecule has 0 bridgehead atoms. The molecule has 0 radical (unpaired) electrons. The fourth-order valence-electron chi connectivity index (χ4n) is 1.57. The molecule has 0 aliphatic rings. The van der Waals surface area contributed by atoms with Crippen molar-refractivity contribution in [3.05, 3.63) is 60.2 Å². The zero-order valence-electron chi connectivity index (χ0n) is 9.26. The number of halogens is 1. The van der Waals surface area contributed by atoms with Crippen molar-refractivity contribution in [2.45, 2.75) is 6.42 Å². The van der Waals surface area contributed by atoms with Crippen LogP contribution in [0.15, 0.2) is 43.1 Å². The molecule has 2 nitrogen and oxygen atoms in total. The molecule has 3 heteroatoms. The second kappa shape index (κ2) is 5.52. The molecule has 0 saturated heterocycles. The molecule has 0 spiro atoms. The molecule has 84 valence electrons. The normalized spacial score (nSPS) is 9.56. The average Bonchev–Trinajstić information content (AvgIpc) is 2.61. The van der Waals surface area contributed by atoms with Crippen LogP contribution in [0.25, 0.3) is 6.08 Å². The van der Waals surface area contributed by atoms with Crippen molar-refractivity contribution in [2.75, 3.05) is 0 Å². The Labute approximate surface area is 102 Å². The van der Waals surface area contributed by atoms with Gasteiger partial charge in [-0.2, -0.15) is 0 Å². The summed E-state index contributed by atoms with van der Waals surface area (Å²) in [6.45, 7) is 3.72. The van der Waals surface area contributed by atoms with Crippen LogP contribution in [-0.4, -0.2) is 9.55 Å². The van der Waals surface area contributed by atoms with E-state index in [1.807, 2.05) is 36.0 Å². The Morgan fingerprint density at radius 1 is 1.31 bits per heavy atom. The fourth-order valence-corrected chi connectivity index (χ4v) is 1.57. The molecule has 1 aromatic carbocycles. The second-order valence-electron chi connectivity index (χ2n) is 3.56. The number of imidazole rings is 1. The third kappa shape index (κ3) is 2.74. The van der Waals surface area contributed by atoms with Crippen molar-refractivity contribution in [3.8, 4) is 0 Å². The van der Waals surface area contributed by atoms with Gasteiger partial charge in [0.05, 0.1) is 5.69 Å². The van der Waals surface area contributed by atoms with Gasteiger partial charge in [0.15, 0.2) is 0 Å². The molecule has 0 saturated carbocycles. The first-order valence-corrected chi connectivity index (χ1v) is 4.98. The van der Waals surface area contributed by atoms with Gasteiger partial charge >= 0.3 is 0 Å². The molecule has 0 unspecified atom stereocenters. The molecule has 1 aromatic heterocycles. The molecule has 0 amide bonds. The Balaban J connectivity index is 0.00000128. The van der Waals surface area contributed by atoms with Crippen LogP contribution in [0, 0.1) is 0 Å². The molecule has 0 atom stereocenters. The minimum Gasteiger partial charge on any atom is -0.337 e. The third-order valence-electron chi connectivity index (χ3n) is 2.41. The van der Waals surface area contributed by atoms with Gasteiger partial charge in [-0.1, -0.05) is 36.9 Å². The van der Waals surface area contributed by atoms with Crippen LogP contribution in [0.4, 0.5) is 0 Å². The van der Waals surface area contributed by atoms with E-state index in [0.29, 0.717) is 0 Å². The van der Waals surface area contributed by atoms with Crippen LogP contribution in [0.3, 0.4) is 0 Å². The highest BCUT2D eigenvalue weighted by molar-refractivity contribution is 5.85. The van der Waals surface area contributed by atoms with E-state index in [-0.39, 0.29) is 12.4 Å². The van der Waals surface area contributed by atoms with Crippen LogP contribution in [0.1, 0.15) is 17.1 Å². The molecule has 0 aliphatic carbocycles. The van der Waals surface area contributed by atoms with Crippen molar-refractivity contribution >= 4 is 18.5 Å². The lowest BCUT2D eigenvalue weighted by Crippen LogP contribution is -1.97. The Morgan fingerprint density at radius 3 is 2.56 bits per heavy atom. The van der Waals surface area contributed by atoms with Crippen molar-refractivity contribution < 1.29 is 0 Å². The van der Waals surface area contributed by atoms with Gasteiger partial charge in [0, 0.05) is 19.7 Å². The summed E-state index contributed by atoms with van der Waals surface area (Å²) in [6, 6.07) is 10.3. The molecule has 1 heterocycles. The lowest BCUT2D eigenvalue weighted by Gasteiger charge is -2.00. The van der Waals surface area contributed by atoms with E-state index >= 15 is 0 Å². The second-order valence-corrected chi connectivity index (χ2v) is 3.56. The Hall–Kier alpha value is -1.54. The summed E-state index contributed by atoms with van der Waals surface area (Å²) in [5.74, 6) is 1.07. The van der Waals surface area contributed by atoms with Crippen LogP contribution >= 0.6 is 12.4 Å². The third-order valence-corrected chi connectivity index (χ3v) is 2.41. The molecule has 0 fully saturated rings. The molecule has 16 heavy (non-hydrogen) atoms. The first-order chi connectivity index (χ1) is 7.29. The summed E-state index contributed by atoms with van der Waals surface area (Å²) < 4.78 is 2.05. The SMILES string of the molecule is C=Cc1cn(C)c(Cc2ccccc2)n1.Cl. The quantitative estimate of drug-likeness (QED) is 0.798. The lowest BCUT2D eigenvalue weighted by atomic mass is 10.1. The van der Waals surface area contributed by atoms with Crippen molar-refractivity contribution in [1.29, 1.82) is 0 Å². The summed E-state index contributed by atoms with van der Waals surface area (Å²) in [6.07, 6.45) is 4.63. The van der Waals surface area contributed by atoms with E-state index in [1.54, 1.807) is 6.08 Å². The van der Waals surface area contributed by atoms with Crippen LogP contribution in [-0.2, 0) is 13.5 Å². The van der Waals surface area contributed by atoms with Gasteiger partial charge < -0.3 is 4.57 Å². The lowest BCUT2D eigenvalue weighted by molar-refractivity contribution is 0.822. The predicted molar refractivity (Wildman–Crippen MR) is 69.8 cm³/mol. The Kier molecular flexibility index (Phi) is 4.32. The fraction of sp³-hybridized carbons (Fsp3) is 0.154. The highest BCUT2D eigenvalue weighted by Crippen LogP contribution is 2.09. The monoisotopic (exact) mass is 234 g/mol. The molecule has 0 N–H and O–H groups in total. The largest absolute Gasteiger partial charge is 0.337 e. The number of nitrogens with zero attached hydrogens (tertiary/aromatic N) is 2. The maximum Gasteiger partial charge on any atom is 0.113 e. The Bertz CT molecular complexity index is 460. The maximum absolute atomic E-state index is 4.47. The summed E-state index contributed by atoms with van der Waals surface area (Å²) in [4.78, 5) is 4.47. The minimum atomic E-state index is 0. The highest BCUT2D eigenvalue weighted by Gasteiger charge is 2.03. The van der Waals surface area contributed by atoms with Crippen molar-refractivity contribution in [3.63, 3.8) is 0 Å². The topological polar surface area (TPSA) is 17.8 Å². The van der Waals surface area contributed by atoms with Gasteiger partial charge in [0.25, 0.3) is 0 Å². The van der Waals surface area contributed by atoms with Gasteiger partial charge in [-0.05, 0) is 11.6 Å². The molecular formula is C13H15ClN2. The summed E-state index contributed by atoms with van der Waals surface area (Å²) in [7, 11) is 2.01. The number of aryl methyl sites for hydroxylation is 1. The van der Waals surface area contributed by atoms with Gasteiger partial charge in [-0.3, -0.25) is 0 Å². The van der Waals surface area contributed by atoms with E-state index in [2.05, 4.69) is 23.7 Å². The van der Waals surface area contributed by atoms with Gasteiger partial charge in [0.2, 0.25) is 0 Å². The first-order valence-electron chi connectivity index (χ1n) is 4.98. The van der Waals surface area contributed by atoms with E-state index in [9.17, 15) is 0 Å². The van der Waals surface area contributed by atoms with Crippen LogP contribution in [0.2, 0.25) is 0 Å². The highest BCUT2D eigenvalue weighted by atomic mass is 35.5. The molecule has 2 aromatic rings. The number of hydrogen-bond donors (Lipinski definition) is 0. The van der Waals surface area contributed by atoms with Crippen LogP contribution in [0.5, 0.6) is 0 Å². The van der Waals surface area contributed by atoms with E-state index in [4.69, 9.17) is 0 Å². The van der Waals surface area contributed by atoms with Gasteiger partial charge in [0.1, 0.15) is 5.82 Å². The van der Waals surface area contributed by atoms with Crippen molar-refractivity contribution in [1.82, 2.24) is 9.55 Å². The number of hydrogen-bond acceptors (Lipinski definition) is 1. The summed E-state index contributed by atoms with van der Waals surface area (Å²) in [5.41, 5.74) is 2.21. The summed E-state index contributed by atoms with van der Waals surface area (Å²) in [5, 5.41) is 0. The van der Waals surface area contributed by atoms with Crippen LogP contribution < -0.4 is 0 Å². The number of rotatable bonds is 3. The summed E-state index contributed by atoms with van der Waals surface area (Å²) >= 11 is 0. The number of benzene rings is 1. The average molecular weight is 235 g/mol. The molecule has 0 aliphatic heterocycles. The zero-order valence-corrected chi connectivity index (χ0v) is 10.1. The van der Waals surface area contributed by atoms with Gasteiger partial charge in [-0.15, -0.1) is 12.4 Å². The van der Waals surface area contributed by atoms with Gasteiger partial charge in [-0.25, -0.2) is 4.98 Å². The van der Waals surface area contributed by atoms with E-state index < -0.39 is 0 Å². The van der Waals surface area contributed by atoms with E-state index in [1.165, 1.54) is 5.56 Å². The van der Waals surface area contributed by atoms with Crippen molar-refractivity contribution in [2.24, 2.45) is 7.05 Å². The van der Waals surface area contributed by atoms with E-state index in [0.717, 1.165) is 17.9 Å². The number of aromatic nitrogens is 2. The molecular weight excluding hydrogens is 220 g/mol. The minimum absolute atomic E-state index is 0. The maximum atomic E-state index is 4.47. The zero-order chi connectivity index (χ0) is 10.7.